The third kappa shape index (κ3) is 9.96. The van der Waals surface area contributed by atoms with Crippen molar-refractivity contribution >= 4 is 46.9 Å². The molecule has 3 N–H and O–H groups in total. The van der Waals surface area contributed by atoms with Crippen molar-refractivity contribution in [3.05, 3.63) is 180 Å². The predicted molar refractivity (Wildman–Crippen MR) is 213 cm³/mol. The number of benzene rings is 6. The molecular formula is C44H37N3O6S. The van der Waals surface area contributed by atoms with Crippen LogP contribution in [0.25, 0.3) is 6.08 Å². The zero-order chi connectivity index (χ0) is 37.7. The summed E-state index contributed by atoms with van der Waals surface area (Å²) >= 11 is 1.38. The maximum absolute atomic E-state index is 13.7. The molecule has 6 aromatic carbocycles. The topological polar surface area (TPSA) is 115 Å². The Morgan fingerprint density at radius 2 is 1.19 bits per heavy atom. The van der Waals surface area contributed by atoms with E-state index in [1.807, 2.05) is 72.8 Å². The molecule has 0 bridgehead atoms. The van der Waals surface area contributed by atoms with Crippen LogP contribution in [-0.2, 0) is 9.59 Å². The van der Waals surface area contributed by atoms with Crippen LogP contribution in [0.2, 0.25) is 0 Å². The number of thioether (sulfide) groups is 1. The molecule has 6 rings (SSSR count). The van der Waals surface area contributed by atoms with Crippen molar-refractivity contribution in [2.75, 3.05) is 24.9 Å². The van der Waals surface area contributed by atoms with Crippen molar-refractivity contribution in [3.63, 3.8) is 0 Å². The lowest BCUT2D eigenvalue weighted by molar-refractivity contribution is -0.116. The van der Waals surface area contributed by atoms with Gasteiger partial charge < -0.3 is 30.2 Å². The van der Waals surface area contributed by atoms with Gasteiger partial charge in [0.2, 0.25) is 5.91 Å². The van der Waals surface area contributed by atoms with E-state index >= 15 is 0 Å². The summed E-state index contributed by atoms with van der Waals surface area (Å²) in [5.74, 6) is 1.22. The van der Waals surface area contributed by atoms with Crippen LogP contribution in [0.3, 0.4) is 0 Å². The Bertz CT molecular complexity index is 2210. The molecule has 0 fully saturated rings. The molecule has 0 spiro atoms. The van der Waals surface area contributed by atoms with Crippen molar-refractivity contribution in [1.29, 1.82) is 0 Å². The Balaban J connectivity index is 1.17. The minimum atomic E-state index is -0.576. The highest BCUT2D eigenvalue weighted by Crippen LogP contribution is 2.37. The van der Waals surface area contributed by atoms with Gasteiger partial charge in [-0.05, 0) is 103 Å². The second kappa shape index (κ2) is 18.1. The first kappa shape index (κ1) is 37.0. The molecule has 0 aliphatic rings. The maximum atomic E-state index is 13.7. The summed E-state index contributed by atoms with van der Waals surface area (Å²) in [6.45, 7) is 0. The van der Waals surface area contributed by atoms with Crippen LogP contribution in [-0.4, -0.2) is 31.9 Å². The van der Waals surface area contributed by atoms with Gasteiger partial charge in [-0.1, -0.05) is 66.7 Å². The summed E-state index contributed by atoms with van der Waals surface area (Å²) in [4.78, 5) is 41.4. The minimum absolute atomic E-state index is 0.00525. The van der Waals surface area contributed by atoms with Crippen LogP contribution >= 0.6 is 11.8 Å². The van der Waals surface area contributed by atoms with E-state index in [9.17, 15) is 14.4 Å². The van der Waals surface area contributed by atoms with Crippen LogP contribution in [0.5, 0.6) is 23.0 Å². The van der Waals surface area contributed by atoms with E-state index in [4.69, 9.17) is 14.2 Å². The number of rotatable bonds is 14. The quantitative estimate of drug-likeness (QED) is 0.0755. The van der Waals surface area contributed by atoms with Crippen LogP contribution < -0.4 is 30.2 Å². The van der Waals surface area contributed by atoms with Crippen molar-refractivity contribution in [3.8, 4) is 23.0 Å². The van der Waals surface area contributed by atoms with Gasteiger partial charge in [0.05, 0.1) is 14.2 Å². The fourth-order valence-corrected chi connectivity index (χ4v) is 6.37. The number of ether oxygens (including phenoxy) is 3. The molecular weight excluding hydrogens is 699 g/mol. The zero-order valence-corrected chi connectivity index (χ0v) is 30.3. The van der Waals surface area contributed by atoms with E-state index in [0.717, 1.165) is 16.2 Å². The van der Waals surface area contributed by atoms with Gasteiger partial charge in [0, 0.05) is 27.4 Å². The van der Waals surface area contributed by atoms with Gasteiger partial charge in [0.25, 0.3) is 11.8 Å². The highest BCUT2D eigenvalue weighted by Gasteiger charge is 2.23. The maximum Gasteiger partial charge on any atom is 0.272 e. The van der Waals surface area contributed by atoms with Crippen LogP contribution in [0.4, 0.5) is 11.4 Å². The summed E-state index contributed by atoms with van der Waals surface area (Å²) in [6, 6.07) is 47.2. The second-order valence-corrected chi connectivity index (χ2v) is 13.0. The molecule has 0 radical (unpaired) electrons. The Labute approximate surface area is 318 Å². The molecule has 3 amide bonds. The number of hydrogen-bond acceptors (Lipinski definition) is 7. The van der Waals surface area contributed by atoms with E-state index in [-0.39, 0.29) is 11.6 Å². The summed E-state index contributed by atoms with van der Waals surface area (Å²) in [6.07, 6.45) is 1.54. The van der Waals surface area contributed by atoms with Gasteiger partial charge in [0.15, 0.2) is 0 Å². The normalized spacial score (nSPS) is 11.5. The van der Waals surface area contributed by atoms with Gasteiger partial charge in [-0.2, -0.15) is 0 Å². The molecule has 0 aromatic heterocycles. The number of hydrogen-bond donors (Lipinski definition) is 3. The first-order valence-corrected chi connectivity index (χ1v) is 17.8. The SMILES string of the molecule is COc1ccc(OC)c(/C=C(\NC(=O)c2ccccc2)C(=O)Nc2ccc(SC(C(=O)Nc3ccc(Oc4ccccc4)cc3)c3ccccc3)cc2)c1. The summed E-state index contributed by atoms with van der Waals surface area (Å²) in [7, 11) is 3.06. The molecule has 9 nitrogen and oxygen atoms in total. The molecule has 1 atom stereocenters. The highest BCUT2D eigenvalue weighted by atomic mass is 32.2. The number of para-hydroxylation sites is 1. The fourth-order valence-electron chi connectivity index (χ4n) is 5.34. The molecule has 1 unspecified atom stereocenters. The van der Waals surface area contributed by atoms with Crippen LogP contribution in [0.15, 0.2) is 168 Å². The van der Waals surface area contributed by atoms with Crippen molar-refractivity contribution < 1.29 is 28.6 Å². The molecule has 270 valence electrons. The molecule has 54 heavy (non-hydrogen) atoms. The molecule has 0 aliphatic heterocycles. The van der Waals surface area contributed by atoms with Gasteiger partial charge >= 0.3 is 0 Å². The first-order valence-electron chi connectivity index (χ1n) is 17.0. The lowest BCUT2D eigenvalue weighted by Crippen LogP contribution is -2.30. The Kier molecular flexibility index (Phi) is 12.4. The Morgan fingerprint density at radius 1 is 0.611 bits per heavy atom. The van der Waals surface area contributed by atoms with Crippen molar-refractivity contribution in [1.82, 2.24) is 5.32 Å². The Hall–Kier alpha value is -6.78. The van der Waals surface area contributed by atoms with E-state index in [1.54, 1.807) is 84.9 Å². The first-order chi connectivity index (χ1) is 26.4. The minimum Gasteiger partial charge on any atom is -0.497 e. The lowest BCUT2D eigenvalue weighted by atomic mass is 10.1. The Morgan fingerprint density at radius 3 is 1.83 bits per heavy atom. The van der Waals surface area contributed by atoms with Crippen molar-refractivity contribution in [2.45, 2.75) is 10.1 Å². The summed E-state index contributed by atoms with van der Waals surface area (Å²) < 4.78 is 16.8. The monoisotopic (exact) mass is 735 g/mol. The van der Waals surface area contributed by atoms with Gasteiger partial charge in [-0.25, -0.2) is 0 Å². The smallest absolute Gasteiger partial charge is 0.272 e. The standard InChI is InChI=1S/C44H37N3O6S/c1-51-37-24-27-40(52-2)32(28-37)29-39(47-42(48)31-14-8-4-9-15-31)43(49)45-34-20-25-38(26-21-34)54-41(30-12-6-3-7-13-30)44(50)46-33-18-22-36(23-19-33)53-35-16-10-5-11-17-35/h3-29,41H,1-2H3,(H,45,49)(H,46,50)(H,47,48)/b39-29-. The van der Waals surface area contributed by atoms with E-state index < -0.39 is 17.1 Å². The third-order valence-corrected chi connectivity index (χ3v) is 9.34. The number of methoxy groups -OCH3 is 2. The van der Waals surface area contributed by atoms with E-state index in [0.29, 0.717) is 39.8 Å². The number of carbonyl (C=O) groups excluding carboxylic acids is 3. The lowest BCUT2D eigenvalue weighted by Gasteiger charge is -2.18. The van der Waals surface area contributed by atoms with Crippen molar-refractivity contribution in [2.24, 2.45) is 0 Å². The average Bonchev–Trinajstić information content (AvgIpc) is 3.22. The molecule has 0 saturated heterocycles. The summed E-state index contributed by atoms with van der Waals surface area (Å²) in [5.41, 5.74) is 2.87. The van der Waals surface area contributed by atoms with Crippen LogP contribution in [0.1, 0.15) is 26.7 Å². The summed E-state index contributed by atoms with van der Waals surface area (Å²) in [5, 5.41) is 8.09. The van der Waals surface area contributed by atoms with Gasteiger partial charge in [-0.15, -0.1) is 11.8 Å². The largest absolute Gasteiger partial charge is 0.497 e. The zero-order valence-electron chi connectivity index (χ0n) is 29.5. The van der Waals surface area contributed by atoms with E-state index in [2.05, 4.69) is 16.0 Å². The molecule has 0 heterocycles. The molecule has 10 heteroatoms. The number of amides is 3. The van der Waals surface area contributed by atoms with E-state index in [1.165, 1.54) is 32.1 Å². The predicted octanol–water partition coefficient (Wildman–Crippen LogP) is 9.38. The molecule has 0 aliphatic carbocycles. The number of carbonyl (C=O) groups is 3. The van der Waals surface area contributed by atoms with Crippen LogP contribution in [0, 0.1) is 0 Å². The fraction of sp³-hybridized carbons (Fsp3) is 0.0682. The molecule has 6 aromatic rings. The number of nitrogens with one attached hydrogen (secondary N) is 3. The highest BCUT2D eigenvalue weighted by molar-refractivity contribution is 8.00. The van der Waals surface area contributed by atoms with Gasteiger partial charge in [0.1, 0.15) is 33.9 Å². The average molecular weight is 736 g/mol. The van der Waals surface area contributed by atoms with Gasteiger partial charge in [-0.3, -0.25) is 14.4 Å². The number of anilines is 2. The third-order valence-electron chi connectivity index (χ3n) is 8.07. The molecule has 0 saturated carbocycles. The second-order valence-electron chi connectivity index (χ2n) is 11.8.